The zero-order chi connectivity index (χ0) is 11.6. The Bertz CT molecular complexity index is 401. The van der Waals surface area contributed by atoms with Gasteiger partial charge in [0.2, 0.25) is 5.76 Å². The molecule has 7 heteroatoms. The molecule has 15 heavy (non-hydrogen) atoms. The summed E-state index contributed by atoms with van der Waals surface area (Å²) in [5, 5.41) is 25.9. The molecule has 1 heterocycles. The number of aliphatic carboxylic acids is 3. The number of ether oxygens (including phenoxy) is 1. The van der Waals surface area contributed by atoms with Gasteiger partial charge in [0.25, 0.3) is 0 Å². The average molecular weight is 214 g/mol. The SMILES string of the molecule is O=C(O)C1=CCOC(C(=O)O)=C1C(=O)O. The molecule has 1 aliphatic rings. The Balaban J connectivity index is 3.33. The summed E-state index contributed by atoms with van der Waals surface area (Å²) in [5.41, 5.74) is -1.42. The van der Waals surface area contributed by atoms with Gasteiger partial charge in [-0.2, -0.15) is 0 Å². The molecule has 0 unspecified atom stereocenters. The van der Waals surface area contributed by atoms with Gasteiger partial charge in [0, 0.05) is 0 Å². The van der Waals surface area contributed by atoms with E-state index in [9.17, 15) is 14.4 Å². The van der Waals surface area contributed by atoms with Crippen LogP contribution in [0.1, 0.15) is 0 Å². The van der Waals surface area contributed by atoms with Gasteiger partial charge in [-0.25, -0.2) is 14.4 Å². The van der Waals surface area contributed by atoms with Crippen LogP contribution in [0, 0.1) is 0 Å². The number of carbonyl (C=O) groups is 3. The highest BCUT2D eigenvalue weighted by atomic mass is 16.5. The van der Waals surface area contributed by atoms with Crippen LogP contribution >= 0.6 is 0 Å². The van der Waals surface area contributed by atoms with Crippen molar-refractivity contribution >= 4 is 17.9 Å². The molecule has 0 saturated carbocycles. The van der Waals surface area contributed by atoms with E-state index in [1.165, 1.54) is 0 Å². The van der Waals surface area contributed by atoms with Crippen molar-refractivity contribution < 1.29 is 34.4 Å². The Morgan fingerprint density at radius 2 is 1.67 bits per heavy atom. The van der Waals surface area contributed by atoms with Gasteiger partial charge < -0.3 is 20.1 Å². The number of hydrogen-bond acceptors (Lipinski definition) is 4. The third-order valence-corrected chi connectivity index (χ3v) is 1.65. The topological polar surface area (TPSA) is 121 Å². The van der Waals surface area contributed by atoms with Crippen LogP contribution in [0.4, 0.5) is 0 Å². The van der Waals surface area contributed by atoms with Crippen molar-refractivity contribution in [1.29, 1.82) is 0 Å². The van der Waals surface area contributed by atoms with E-state index in [1.807, 2.05) is 0 Å². The number of carboxylic acid groups (broad SMARTS) is 3. The number of carboxylic acids is 3. The Morgan fingerprint density at radius 1 is 1.07 bits per heavy atom. The van der Waals surface area contributed by atoms with Crippen LogP contribution < -0.4 is 0 Å². The summed E-state index contributed by atoms with van der Waals surface area (Å²) in [7, 11) is 0. The largest absolute Gasteiger partial charge is 0.482 e. The fourth-order valence-electron chi connectivity index (χ4n) is 1.08. The molecule has 0 fully saturated rings. The zero-order valence-corrected chi connectivity index (χ0v) is 7.26. The van der Waals surface area contributed by atoms with Gasteiger partial charge in [0.15, 0.2) is 0 Å². The van der Waals surface area contributed by atoms with E-state index in [4.69, 9.17) is 15.3 Å². The molecule has 0 spiro atoms. The Morgan fingerprint density at radius 3 is 2.07 bits per heavy atom. The van der Waals surface area contributed by atoms with E-state index in [1.54, 1.807) is 0 Å². The van der Waals surface area contributed by atoms with E-state index in [0.29, 0.717) is 0 Å². The molecule has 0 radical (unpaired) electrons. The van der Waals surface area contributed by atoms with Crippen molar-refractivity contribution in [3.63, 3.8) is 0 Å². The quantitative estimate of drug-likeness (QED) is 0.576. The predicted molar refractivity (Wildman–Crippen MR) is 44.0 cm³/mol. The maximum atomic E-state index is 10.7. The normalized spacial score (nSPS) is 15.3. The molecular formula is C8H6O7. The smallest absolute Gasteiger partial charge is 0.372 e. The summed E-state index contributed by atoms with van der Waals surface area (Å²) >= 11 is 0. The van der Waals surface area contributed by atoms with Crippen molar-refractivity contribution in [2.45, 2.75) is 0 Å². The second kappa shape index (κ2) is 3.82. The molecular weight excluding hydrogens is 208 g/mol. The summed E-state index contributed by atoms with van der Waals surface area (Å²) in [6, 6.07) is 0. The first kappa shape index (κ1) is 10.8. The van der Waals surface area contributed by atoms with Crippen LogP contribution in [-0.2, 0) is 19.1 Å². The Hall–Kier alpha value is -2.31. The van der Waals surface area contributed by atoms with Gasteiger partial charge >= 0.3 is 17.9 Å². The molecule has 0 aromatic carbocycles. The van der Waals surface area contributed by atoms with Crippen molar-refractivity contribution in [3.8, 4) is 0 Å². The van der Waals surface area contributed by atoms with Crippen LogP contribution in [0.25, 0.3) is 0 Å². The van der Waals surface area contributed by atoms with Gasteiger partial charge in [-0.05, 0) is 6.08 Å². The lowest BCUT2D eigenvalue weighted by atomic mass is 10.0. The average Bonchev–Trinajstić information content (AvgIpc) is 2.16. The molecule has 7 nitrogen and oxygen atoms in total. The third-order valence-electron chi connectivity index (χ3n) is 1.65. The van der Waals surface area contributed by atoms with Crippen molar-refractivity contribution in [1.82, 2.24) is 0 Å². The third kappa shape index (κ3) is 1.96. The zero-order valence-electron chi connectivity index (χ0n) is 7.26. The van der Waals surface area contributed by atoms with E-state index in [0.717, 1.165) is 6.08 Å². The molecule has 0 saturated heterocycles. The predicted octanol–water partition coefficient (Wildman–Crippen LogP) is -0.549. The summed E-state index contributed by atoms with van der Waals surface area (Å²) in [4.78, 5) is 31.9. The van der Waals surface area contributed by atoms with Gasteiger partial charge in [0.05, 0.1) is 5.57 Å². The summed E-state index contributed by atoms with van der Waals surface area (Å²) in [6.45, 7) is -0.278. The minimum Gasteiger partial charge on any atom is -0.482 e. The molecule has 1 aliphatic heterocycles. The molecule has 80 valence electrons. The highest BCUT2D eigenvalue weighted by Gasteiger charge is 2.31. The second-order valence-electron chi connectivity index (χ2n) is 2.55. The van der Waals surface area contributed by atoms with Crippen molar-refractivity contribution in [2.75, 3.05) is 6.61 Å². The van der Waals surface area contributed by atoms with Crippen molar-refractivity contribution in [3.05, 3.63) is 23.0 Å². The fourth-order valence-corrected chi connectivity index (χ4v) is 1.08. The number of hydrogen-bond donors (Lipinski definition) is 3. The Labute approximate surface area is 82.9 Å². The number of rotatable bonds is 3. The van der Waals surface area contributed by atoms with Crippen LogP contribution in [0.15, 0.2) is 23.0 Å². The first-order valence-corrected chi connectivity index (χ1v) is 3.72. The minimum absolute atomic E-state index is 0.278. The van der Waals surface area contributed by atoms with E-state index in [2.05, 4.69) is 4.74 Å². The lowest BCUT2D eigenvalue weighted by Crippen LogP contribution is -2.22. The molecule has 0 atom stereocenters. The lowest BCUT2D eigenvalue weighted by molar-refractivity contribution is -0.140. The summed E-state index contributed by atoms with van der Waals surface area (Å²) in [6.07, 6.45) is 0.998. The molecule has 0 bridgehead atoms. The monoisotopic (exact) mass is 214 g/mol. The molecule has 3 N–H and O–H groups in total. The maximum absolute atomic E-state index is 10.7. The molecule has 1 rings (SSSR count). The standard InChI is InChI=1S/C8H6O7/c9-6(10)3-1-2-15-5(8(13)14)4(3)7(11)12/h1H,2H2,(H,9,10)(H,11,12)(H,13,14). The Kier molecular flexibility index (Phi) is 2.75. The minimum atomic E-state index is -1.65. The molecule has 0 aromatic rings. The maximum Gasteiger partial charge on any atom is 0.372 e. The molecule has 0 aliphatic carbocycles. The highest BCUT2D eigenvalue weighted by molar-refractivity contribution is 6.10. The second-order valence-corrected chi connectivity index (χ2v) is 2.55. The van der Waals surface area contributed by atoms with Crippen LogP contribution in [-0.4, -0.2) is 39.8 Å². The van der Waals surface area contributed by atoms with Crippen LogP contribution in [0.3, 0.4) is 0 Å². The fraction of sp³-hybridized carbons (Fsp3) is 0.125. The van der Waals surface area contributed by atoms with Crippen LogP contribution in [0.5, 0.6) is 0 Å². The first-order chi connectivity index (χ1) is 6.95. The van der Waals surface area contributed by atoms with Gasteiger partial charge in [-0.3, -0.25) is 0 Å². The lowest BCUT2D eigenvalue weighted by Gasteiger charge is -2.14. The van der Waals surface area contributed by atoms with Gasteiger partial charge in [-0.1, -0.05) is 0 Å². The summed E-state index contributed by atoms with van der Waals surface area (Å²) in [5.74, 6) is -5.63. The van der Waals surface area contributed by atoms with E-state index in [-0.39, 0.29) is 6.61 Å². The molecule has 0 amide bonds. The highest BCUT2D eigenvalue weighted by Crippen LogP contribution is 2.21. The first-order valence-electron chi connectivity index (χ1n) is 3.72. The molecule has 0 aromatic heterocycles. The summed E-state index contributed by atoms with van der Waals surface area (Å²) < 4.78 is 4.55. The van der Waals surface area contributed by atoms with Crippen molar-refractivity contribution in [2.24, 2.45) is 0 Å². The van der Waals surface area contributed by atoms with Gasteiger partial charge in [0.1, 0.15) is 12.2 Å². The van der Waals surface area contributed by atoms with Gasteiger partial charge in [-0.15, -0.1) is 0 Å². The van der Waals surface area contributed by atoms with E-state index < -0.39 is 34.8 Å². The van der Waals surface area contributed by atoms with E-state index >= 15 is 0 Å². The van der Waals surface area contributed by atoms with Crippen LogP contribution in [0.2, 0.25) is 0 Å².